The van der Waals surface area contributed by atoms with Gasteiger partial charge in [0.05, 0.1) is 34.8 Å². The Hall–Kier alpha value is -4.53. The molecule has 1 aliphatic rings. The number of esters is 1. The van der Waals surface area contributed by atoms with E-state index in [0.717, 1.165) is 29.5 Å². The SMILES string of the molecule is O=C(NC[C@H](NC(=O)c1c(Cl)cc(OCCc2ccccc2)cc1Cl)C(=O)OCc1ccccc1)NC1CCc2ccccc21. The molecule has 0 aromatic heterocycles. The van der Waals surface area contributed by atoms with Gasteiger partial charge in [-0.05, 0) is 47.2 Å². The molecule has 4 aromatic rings. The minimum absolute atomic E-state index is 0.00632. The van der Waals surface area contributed by atoms with Crippen LogP contribution in [0.4, 0.5) is 4.79 Å². The molecule has 2 atom stereocenters. The van der Waals surface area contributed by atoms with E-state index in [9.17, 15) is 14.4 Å². The monoisotopic (exact) mass is 645 g/mol. The second-order valence-electron chi connectivity index (χ2n) is 10.6. The number of hydrogen-bond acceptors (Lipinski definition) is 5. The third kappa shape index (κ3) is 8.77. The maximum atomic E-state index is 13.4. The third-order valence-corrected chi connectivity index (χ3v) is 8.06. The van der Waals surface area contributed by atoms with Crippen molar-refractivity contribution in [2.75, 3.05) is 13.2 Å². The minimum atomic E-state index is -1.23. The Kier molecular flexibility index (Phi) is 11.0. The maximum absolute atomic E-state index is 13.4. The van der Waals surface area contributed by atoms with E-state index in [2.05, 4.69) is 16.0 Å². The highest BCUT2D eigenvalue weighted by atomic mass is 35.5. The van der Waals surface area contributed by atoms with Crippen molar-refractivity contribution in [1.82, 2.24) is 16.0 Å². The zero-order valence-electron chi connectivity index (χ0n) is 24.4. The molecule has 0 saturated heterocycles. The highest BCUT2D eigenvalue weighted by Gasteiger charge is 2.28. The van der Waals surface area contributed by atoms with Crippen LogP contribution in [0.15, 0.2) is 97.1 Å². The Morgan fingerprint density at radius 3 is 2.20 bits per heavy atom. The standard InChI is InChI=1S/C35H33Cl2N3O5/c36-28-19-26(44-18-17-23-9-3-1-4-10-23)20-29(37)32(28)33(41)39-31(34(42)45-22-24-11-5-2-6-12-24)21-38-35(43)40-30-16-15-25-13-7-8-14-27(25)30/h1-14,19-20,30-31H,15-18,21-22H2,(H,39,41)(H2,38,40,43)/t30?,31-/m0/s1. The second-order valence-corrected chi connectivity index (χ2v) is 11.4. The van der Waals surface area contributed by atoms with Crippen molar-refractivity contribution in [2.45, 2.75) is 38.0 Å². The number of halogens is 2. The number of ether oxygens (including phenoxy) is 2. The summed E-state index contributed by atoms with van der Waals surface area (Å²) in [4.78, 5) is 39.4. The zero-order valence-corrected chi connectivity index (χ0v) is 25.9. The molecule has 0 fully saturated rings. The number of benzene rings is 4. The van der Waals surface area contributed by atoms with Gasteiger partial charge in [0.15, 0.2) is 0 Å². The fourth-order valence-corrected chi connectivity index (χ4v) is 5.78. The van der Waals surface area contributed by atoms with Gasteiger partial charge in [-0.25, -0.2) is 9.59 Å². The van der Waals surface area contributed by atoms with Crippen molar-refractivity contribution >= 4 is 41.1 Å². The van der Waals surface area contributed by atoms with Gasteiger partial charge in [-0.2, -0.15) is 0 Å². The molecule has 4 aromatic carbocycles. The van der Waals surface area contributed by atoms with Gasteiger partial charge in [0, 0.05) is 6.42 Å². The zero-order chi connectivity index (χ0) is 31.6. The number of aryl methyl sites for hydroxylation is 1. The quantitative estimate of drug-likeness (QED) is 0.154. The summed E-state index contributed by atoms with van der Waals surface area (Å²) in [6, 6.07) is 28.1. The molecule has 0 radical (unpaired) electrons. The van der Waals surface area contributed by atoms with Crippen LogP contribution < -0.4 is 20.7 Å². The van der Waals surface area contributed by atoms with Crippen molar-refractivity contribution in [3.05, 3.63) is 135 Å². The lowest BCUT2D eigenvalue weighted by atomic mass is 10.1. The van der Waals surface area contributed by atoms with Crippen LogP contribution in [-0.2, 0) is 29.0 Å². The smallest absolute Gasteiger partial charge is 0.330 e. The molecule has 0 spiro atoms. The Balaban J connectivity index is 1.23. The van der Waals surface area contributed by atoms with Crippen LogP contribution in [0.25, 0.3) is 0 Å². The molecule has 0 bridgehead atoms. The van der Waals surface area contributed by atoms with Crippen LogP contribution in [0.3, 0.4) is 0 Å². The summed E-state index contributed by atoms with van der Waals surface area (Å²) in [7, 11) is 0. The number of carbonyl (C=O) groups excluding carboxylic acids is 3. The number of hydrogen-bond donors (Lipinski definition) is 3. The van der Waals surface area contributed by atoms with E-state index in [1.807, 2.05) is 84.9 Å². The van der Waals surface area contributed by atoms with Gasteiger partial charge in [-0.15, -0.1) is 0 Å². The topological polar surface area (TPSA) is 106 Å². The van der Waals surface area contributed by atoms with Crippen molar-refractivity contribution in [1.29, 1.82) is 0 Å². The van der Waals surface area contributed by atoms with Gasteiger partial charge in [0.2, 0.25) is 0 Å². The molecule has 3 amide bonds. The third-order valence-electron chi connectivity index (χ3n) is 7.46. The lowest BCUT2D eigenvalue weighted by Gasteiger charge is -2.21. The first-order valence-electron chi connectivity index (χ1n) is 14.7. The van der Waals surface area contributed by atoms with Crippen molar-refractivity contribution in [3.63, 3.8) is 0 Å². The lowest BCUT2D eigenvalue weighted by Crippen LogP contribution is -2.51. The van der Waals surface area contributed by atoms with E-state index in [4.69, 9.17) is 32.7 Å². The first-order chi connectivity index (χ1) is 21.9. The average molecular weight is 647 g/mol. The van der Waals surface area contributed by atoms with Gasteiger partial charge in [-0.3, -0.25) is 4.79 Å². The number of urea groups is 1. The molecule has 5 rings (SSSR count). The number of carbonyl (C=O) groups is 3. The first-order valence-corrected chi connectivity index (χ1v) is 15.4. The molecule has 0 saturated carbocycles. The molecular formula is C35H33Cl2N3O5. The largest absolute Gasteiger partial charge is 0.493 e. The Bertz CT molecular complexity index is 1610. The summed E-state index contributed by atoms with van der Waals surface area (Å²) >= 11 is 12.9. The molecule has 1 unspecified atom stereocenters. The van der Waals surface area contributed by atoms with E-state index >= 15 is 0 Å². The molecule has 8 nitrogen and oxygen atoms in total. The molecular weight excluding hydrogens is 613 g/mol. The molecule has 10 heteroatoms. The van der Waals surface area contributed by atoms with Crippen LogP contribution in [-0.4, -0.2) is 37.1 Å². The van der Waals surface area contributed by atoms with Crippen LogP contribution in [0.5, 0.6) is 5.75 Å². The molecule has 1 aliphatic carbocycles. The predicted octanol–water partition coefficient (Wildman–Crippen LogP) is 6.44. The van der Waals surface area contributed by atoms with Gasteiger partial charge in [-0.1, -0.05) is 108 Å². The first kappa shape index (κ1) is 31.9. The van der Waals surface area contributed by atoms with Gasteiger partial charge in [0.25, 0.3) is 5.91 Å². The highest BCUT2D eigenvalue weighted by molar-refractivity contribution is 6.40. The lowest BCUT2D eigenvalue weighted by molar-refractivity contribution is -0.147. The van der Waals surface area contributed by atoms with Crippen molar-refractivity contribution in [2.24, 2.45) is 0 Å². The van der Waals surface area contributed by atoms with E-state index < -0.39 is 23.9 Å². The summed E-state index contributed by atoms with van der Waals surface area (Å²) in [6.07, 6.45) is 2.32. The van der Waals surface area contributed by atoms with Crippen LogP contribution in [0, 0.1) is 0 Å². The normalized spacial score (nSPS) is 14.1. The van der Waals surface area contributed by atoms with Gasteiger partial charge < -0.3 is 25.4 Å². The summed E-state index contributed by atoms with van der Waals surface area (Å²) in [5.74, 6) is -1.02. The van der Waals surface area contributed by atoms with E-state index in [-0.39, 0.29) is 34.8 Å². The van der Waals surface area contributed by atoms with Gasteiger partial charge >= 0.3 is 12.0 Å². The minimum Gasteiger partial charge on any atom is -0.493 e. The van der Waals surface area contributed by atoms with Crippen molar-refractivity contribution in [3.8, 4) is 5.75 Å². The second kappa shape index (κ2) is 15.5. The highest BCUT2D eigenvalue weighted by Crippen LogP contribution is 2.31. The number of rotatable bonds is 12. The molecule has 45 heavy (non-hydrogen) atoms. The fraction of sp³-hybridized carbons (Fsp3) is 0.229. The van der Waals surface area contributed by atoms with E-state index in [0.29, 0.717) is 18.8 Å². The summed E-state index contributed by atoms with van der Waals surface area (Å²) < 4.78 is 11.3. The van der Waals surface area contributed by atoms with Gasteiger partial charge in [0.1, 0.15) is 18.4 Å². The molecule has 3 N–H and O–H groups in total. The Morgan fingerprint density at radius 2 is 1.49 bits per heavy atom. The fourth-order valence-electron chi connectivity index (χ4n) is 5.15. The van der Waals surface area contributed by atoms with E-state index in [1.54, 1.807) is 0 Å². The number of nitrogens with one attached hydrogen (secondary N) is 3. The molecule has 0 heterocycles. The van der Waals surface area contributed by atoms with E-state index in [1.165, 1.54) is 17.7 Å². The number of amides is 3. The summed E-state index contributed by atoms with van der Waals surface area (Å²) in [5, 5.41) is 8.39. The van der Waals surface area contributed by atoms with Crippen LogP contribution in [0.2, 0.25) is 10.0 Å². The summed E-state index contributed by atoms with van der Waals surface area (Å²) in [5.41, 5.74) is 4.12. The maximum Gasteiger partial charge on any atom is 0.330 e. The van der Waals surface area contributed by atoms with Crippen LogP contribution >= 0.6 is 23.2 Å². The Labute approximate surface area is 272 Å². The van der Waals surface area contributed by atoms with Crippen LogP contribution in [0.1, 0.15) is 45.1 Å². The molecule has 0 aliphatic heterocycles. The Morgan fingerprint density at radius 1 is 0.844 bits per heavy atom. The predicted molar refractivity (Wildman–Crippen MR) is 174 cm³/mol. The summed E-state index contributed by atoms with van der Waals surface area (Å²) in [6.45, 7) is 0.154. The number of fused-ring (bicyclic) bond motifs is 1. The van der Waals surface area contributed by atoms with Crippen molar-refractivity contribution < 1.29 is 23.9 Å². The molecule has 232 valence electrons. The average Bonchev–Trinajstić information content (AvgIpc) is 3.45.